The second-order valence-corrected chi connectivity index (χ2v) is 9.16. The maximum absolute atomic E-state index is 6.42. The predicted octanol–water partition coefficient (Wildman–Crippen LogP) is 5.94. The third-order valence-corrected chi connectivity index (χ3v) is 6.56. The lowest BCUT2D eigenvalue weighted by Gasteiger charge is -2.35. The molecule has 31 heavy (non-hydrogen) atoms. The molecule has 0 aliphatic carbocycles. The van der Waals surface area contributed by atoms with Crippen molar-refractivity contribution >= 4 is 6.08 Å². The van der Waals surface area contributed by atoms with Crippen LogP contribution in [-0.2, 0) is 0 Å². The van der Waals surface area contributed by atoms with Gasteiger partial charge in [0.15, 0.2) is 11.5 Å². The largest absolute Gasteiger partial charge is 0.492 e. The summed E-state index contributed by atoms with van der Waals surface area (Å²) in [4.78, 5) is 0. The fourth-order valence-electron chi connectivity index (χ4n) is 4.90. The molecule has 0 saturated heterocycles. The van der Waals surface area contributed by atoms with Crippen molar-refractivity contribution in [3.63, 3.8) is 0 Å². The minimum atomic E-state index is -0.314. The van der Waals surface area contributed by atoms with E-state index in [1.807, 2.05) is 12.1 Å². The topological polar surface area (TPSA) is 46.2 Å². The van der Waals surface area contributed by atoms with Crippen molar-refractivity contribution in [2.75, 3.05) is 13.4 Å². The van der Waals surface area contributed by atoms with Crippen LogP contribution in [0.2, 0.25) is 0 Å². The van der Waals surface area contributed by atoms with Crippen LogP contribution in [0.15, 0.2) is 42.0 Å². The Labute approximate surface area is 182 Å². The van der Waals surface area contributed by atoms with Crippen LogP contribution in [0.3, 0.4) is 0 Å². The summed E-state index contributed by atoms with van der Waals surface area (Å²) in [5.74, 6) is 4.26. The second-order valence-electron chi connectivity index (χ2n) is 9.16. The van der Waals surface area contributed by atoms with Crippen molar-refractivity contribution in [1.82, 2.24) is 0 Å². The highest BCUT2D eigenvalue weighted by atomic mass is 16.7. The molecule has 0 bridgehead atoms. The van der Waals surface area contributed by atoms with Crippen LogP contribution in [0, 0.1) is 0 Å². The summed E-state index contributed by atoms with van der Waals surface area (Å²) < 4.78 is 30.2. The van der Waals surface area contributed by atoms with Gasteiger partial charge in [0.25, 0.3) is 0 Å². The van der Waals surface area contributed by atoms with E-state index < -0.39 is 0 Å². The lowest BCUT2D eigenvalue weighted by Crippen LogP contribution is -2.32. The Morgan fingerprint density at radius 3 is 2.71 bits per heavy atom. The summed E-state index contributed by atoms with van der Waals surface area (Å²) in [6.45, 7) is 7.22. The Bertz CT molecular complexity index is 1130. The Balaban J connectivity index is 1.30. The fraction of sp³-hybridized carbons (Fsp3) is 0.385. The summed E-state index contributed by atoms with van der Waals surface area (Å²) in [6.07, 6.45) is 8.42. The SMILES string of the molecule is CC(C)=CCC[C@]1(C)C=Cc2c(ccc3c2OC[C@@H]2c4cc5c(cc4O[C@H]32)OCO5)O1. The van der Waals surface area contributed by atoms with E-state index in [2.05, 4.69) is 51.1 Å². The van der Waals surface area contributed by atoms with Gasteiger partial charge in [-0.1, -0.05) is 11.6 Å². The van der Waals surface area contributed by atoms with Gasteiger partial charge in [-0.25, -0.2) is 0 Å². The zero-order valence-electron chi connectivity index (χ0n) is 18.1. The number of hydrogen-bond acceptors (Lipinski definition) is 5. The standard InChI is InChI=1S/C26H26O5/c1-15(2)5-4-9-26(3)10-8-16-20(31-26)7-6-17-24(16)27-13-19-18-11-22-23(29-14-28-22)12-21(18)30-25(17)19/h5-8,10-12,19,25H,4,9,13-14H2,1-3H3/t19-,25-,26-/m1/s1. The van der Waals surface area contributed by atoms with Gasteiger partial charge in [0, 0.05) is 17.2 Å². The van der Waals surface area contributed by atoms with E-state index in [0.29, 0.717) is 6.61 Å². The van der Waals surface area contributed by atoms with Crippen LogP contribution < -0.4 is 23.7 Å². The van der Waals surface area contributed by atoms with Crippen molar-refractivity contribution < 1.29 is 23.7 Å². The maximum atomic E-state index is 6.42. The lowest BCUT2D eigenvalue weighted by atomic mass is 9.87. The molecule has 0 amide bonds. The van der Waals surface area contributed by atoms with Crippen LogP contribution in [0.1, 0.15) is 62.3 Å². The summed E-state index contributed by atoms with van der Waals surface area (Å²) in [5, 5.41) is 0. The first-order valence-corrected chi connectivity index (χ1v) is 10.9. The van der Waals surface area contributed by atoms with Crippen LogP contribution in [-0.4, -0.2) is 19.0 Å². The molecule has 0 saturated carbocycles. The third-order valence-electron chi connectivity index (χ3n) is 6.56. The van der Waals surface area contributed by atoms with Crippen LogP contribution in [0.5, 0.6) is 28.7 Å². The summed E-state index contributed by atoms with van der Waals surface area (Å²) in [6, 6.07) is 8.12. The molecule has 0 fully saturated rings. The Morgan fingerprint density at radius 1 is 1.03 bits per heavy atom. The summed E-state index contributed by atoms with van der Waals surface area (Å²) >= 11 is 0. The van der Waals surface area contributed by atoms with E-state index in [1.165, 1.54) is 5.57 Å². The highest BCUT2D eigenvalue weighted by molar-refractivity contribution is 5.71. The number of allylic oxidation sites excluding steroid dienone is 2. The average molecular weight is 418 g/mol. The summed E-state index contributed by atoms with van der Waals surface area (Å²) in [5.41, 5.74) is 4.21. The molecular weight excluding hydrogens is 392 g/mol. The van der Waals surface area contributed by atoms with Crippen molar-refractivity contribution in [1.29, 1.82) is 0 Å². The molecule has 0 aromatic heterocycles. The van der Waals surface area contributed by atoms with Crippen LogP contribution >= 0.6 is 0 Å². The predicted molar refractivity (Wildman–Crippen MR) is 117 cm³/mol. The monoisotopic (exact) mass is 418 g/mol. The van der Waals surface area contributed by atoms with Gasteiger partial charge in [0.2, 0.25) is 6.79 Å². The molecule has 0 radical (unpaired) electrons. The van der Waals surface area contributed by atoms with Gasteiger partial charge in [0.05, 0.1) is 18.1 Å². The molecule has 5 nitrogen and oxygen atoms in total. The van der Waals surface area contributed by atoms with Crippen molar-refractivity contribution in [3.05, 3.63) is 58.7 Å². The van der Waals surface area contributed by atoms with E-state index in [-0.39, 0.29) is 24.4 Å². The Kier molecular flexibility index (Phi) is 4.04. The van der Waals surface area contributed by atoms with Gasteiger partial charge in [0.1, 0.15) is 29.0 Å². The zero-order valence-corrected chi connectivity index (χ0v) is 18.1. The molecule has 0 unspecified atom stereocenters. The van der Waals surface area contributed by atoms with E-state index in [4.69, 9.17) is 23.7 Å². The minimum absolute atomic E-state index is 0.0778. The van der Waals surface area contributed by atoms with E-state index in [0.717, 1.165) is 58.3 Å². The van der Waals surface area contributed by atoms with Crippen molar-refractivity contribution in [2.45, 2.75) is 51.2 Å². The highest BCUT2D eigenvalue weighted by Gasteiger charge is 2.43. The normalized spacial score (nSPS) is 25.9. The first-order valence-electron chi connectivity index (χ1n) is 10.9. The van der Waals surface area contributed by atoms with Gasteiger partial charge in [-0.05, 0) is 64.0 Å². The molecule has 0 N–H and O–H groups in total. The molecule has 4 aliphatic heterocycles. The number of fused-ring (bicyclic) bond motifs is 8. The highest BCUT2D eigenvalue weighted by Crippen LogP contribution is 2.56. The lowest BCUT2D eigenvalue weighted by molar-refractivity contribution is 0.121. The molecule has 160 valence electrons. The number of hydrogen-bond donors (Lipinski definition) is 0. The fourth-order valence-corrected chi connectivity index (χ4v) is 4.90. The van der Waals surface area contributed by atoms with Crippen molar-refractivity contribution in [3.8, 4) is 28.7 Å². The molecule has 5 heteroatoms. The van der Waals surface area contributed by atoms with Gasteiger partial charge in [-0.2, -0.15) is 0 Å². The van der Waals surface area contributed by atoms with Gasteiger partial charge >= 0.3 is 0 Å². The quantitative estimate of drug-likeness (QED) is 0.578. The summed E-state index contributed by atoms with van der Waals surface area (Å²) in [7, 11) is 0. The molecule has 4 heterocycles. The number of ether oxygens (including phenoxy) is 5. The molecule has 3 atom stereocenters. The van der Waals surface area contributed by atoms with Gasteiger partial charge in [-0.15, -0.1) is 0 Å². The van der Waals surface area contributed by atoms with Gasteiger partial charge in [-0.3, -0.25) is 0 Å². The molecule has 2 aromatic carbocycles. The molecule has 0 spiro atoms. The smallest absolute Gasteiger partial charge is 0.231 e. The molecular formula is C26H26O5. The average Bonchev–Trinajstić information content (AvgIpc) is 3.34. The van der Waals surface area contributed by atoms with Crippen LogP contribution in [0.25, 0.3) is 6.08 Å². The first-order chi connectivity index (χ1) is 15.0. The second kappa shape index (κ2) is 6.71. The maximum Gasteiger partial charge on any atom is 0.231 e. The van der Waals surface area contributed by atoms with E-state index in [9.17, 15) is 0 Å². The molecule has 6 rings (SSSR count). The first kappa shape index (κ1) is 18.7. The molecule has 2 aromatic rings. The number of benzene rings is 2. The van der Waals surface area contributed by atoms with Crippen molar-refractivity contribution in [2.24, 2.45) is 0 Å². The van der Waals surface area contributed by atoms with Crippen LogP contribution in [0.4, 0.5) is 0 Å². The Hall–Kier alpha value is -3.08. The zero-order chi connectivity index (χ0) is 21.2. The third kappa shape index (κ3) is 2.98. The molecule has 4 aliphatic rings. The Morgan fingerprint density at radius 2 is 1.87 bits per heavy atom. The number of rotatable bonds is 3. The van der Waals surface area contributed by atoms with E-state index in [1.54, 1.807) is 0 Å². The van der Waals surface area contributed by atoms with Gasteiger partial charge < -0.3 is 23.7 Å². The minimum Gasteiger partial charge on any atom is -0.492 e. The van der Waals surface area contributed by atoms with E-state index >= 15 is 0 Å².